The standard InChI is InChI=1S/C3H7NO3S/c1-3-8(5,6)7-4-2/h3-4H,1H2,2H3. The maximum atomic E-state index is 10.2. The molecule has 48 valence electrons. The molecule has 0 aliphatic rings. The summed E-state index contributed by atoms with van der Waals surface area (Å²) in [5.74, 6) is 0. The molecule has 1 N–H and O–H groups in total. The van der Waals surface area contributed by atoms with Gasteiger partial charge in [-0.2, -0.15) is 18.2 Å². The Morgan fingerprint density at radius 3 is 2.38 bits per heavy atom. The van der Waals surface area contributed by atoms with Gasteiger partial charge in [-0.05, 0) is 0 Å². The van der Waals surface area contributed by atoms with Crippen molar-refractivity contribution in [3.05, 3.63) is 12.0 Å². The average Bonchev–Trinajstić information content (AvgIpc) is 1.67. The van der Waals surface area contributed by atoms with Crippen molar-refractivity contribution in [2.45, 2.75) is 0 Å². The molecule has 4 nitrogen and oxygen atoms in total. The molecule has 0 saturated carbocycles. The molecule has 0 aliphatic carbocycles. The number of hydroxylamine groups is 1. The zero-order chi connectivity index (χ0) is 6.62. The van der Waals surface area contributed by atoms with Gasteiger partial charge in [-0.1, -0.05) is 6.58 Å². The Morgan fingerprint density at radius 2 is 2.25 bits per heavy atom. The van der Waals surface area contributed by atoms with E-state index in [9.17, 15) is 8.42 Å². The SMILES string of the molecule is C=CS(=O)(=O)ONC. The van der Waals surface area contributed by atoms with Crippen molar-refractivity contribution in [2.75, 3.05) is 7.05 Å². The summed E-state index contributed by atoms with van der Waals surface area (Å²) in [6.45, 7) is 3.00. The third-order valence-electron chi connectivity index (χ3n) is 0.404. The second-order valence-electron chi connectivity index (χ2n) is 0.947. The summed E-state index contributed by atoms with van der Waals surface area (Å²) in [7, 11) is -2.17. The van der Waals surface area contributed by atoms with Crippen LogP contribution in [0.3, 0.4) is 0 Å². The Labute approximate surface area is 48.2 Å². The van der Waals surface area contributed by atoms with Gasteiger partial charge < -0.3 is 0 Å². The summed E-state index contributed by atoms with van der Waals surface area (Å²) in [4.78, 5) is 0. The first kappa shape index (κ1) is 7.61. The first-order valence-electron chi connectivity index (χ1n) is 1.85. The van der Waals surface area contributed by atoms with Gasteiger partial charge in [0.15, 0.2) is 0 Å². The molecule has 0 amide bonds. The maximum Gasteiger partial charge on any atom is 0.305 e. The zero-order valence-corrected chi connectivity index (χ0v) is 5.23. The molecular weight excluding hydrogens is 130 g/mol. The van der Waals surface area contributed by atoms with Crippen LogP contribution < -0.4 is 5.48 Å². The largest absolute Gasteiger partial charge is 0.305 e. The van der Waals surface area contributed by atoms with Crippen molar-refractivity contribution in [3.8, 4) is 0 Å². The Bertz CT molecular complexity index is 159. The lowest BCUT2D eigenvalue weighted by atomic mass is 11.3. The summed E-state index contributed by atoms with van der Waals surface area (Å²) >= 11 is 0. The third kappa shape index (κ3) is 2.73. The summed E-state index contributed by atoms with van der Waals surface area (Å²) in [6, 6.07) is 0. The Morgan fingerprint density at radius 1 is 1.75 bits per heavy atom. The molecule has 0 heterocycles. The third-order valence-corrected chi connectivity index (χ3v) is 1.21. The molecule has 0 bridgehead atoms. The Hall–Kier alpha value is -0.390. The molecule has 0 saturated heterocycles. The van der Waals surface area contributed by atoms with Crippen molar-refractivity contribution in [1.82, 2.24) is 5.48 Å². The molecule has 0 aromatic rings. The van der Waals surface area contributed by atoms with E-state index in [1.54, 1.807) is 0 Å². The second-order valence-corrected chi connectivity index (χ2v) is 2.43. The van der Waals surface area contributed by atoms with Gasteiger partial charge >= 0.3 is 10.1 Å². The first-order valence-corrected chi connectivity index (χ1v) is 3.32. The van der Waals surface area contributed by atoms with Gasteiger partial charge in [0.2, 0.25) is 0 Å². The number of hydrogen-bond acceptors (Lipinski definition) is 4. The van der Waals surface area contributed by atoms with Crippen LogP contribution in [0.1, 0.15) is 0 Å². The van der Waals surface area contributed by atoms with Crippen LogP contribution in [0.2, 0.25) is 0 Å². The van der Waals surface area contributed by atoms with E-state index < -0.39 is 10.1 Å². The average molecular weight is 137 g/mol. The summed E-state index contributed by atoms with van der Waals surface area (Å²) in [5, 5.41) is 0.712. The van der Waals surface area contributed by atoms with Crippen molar-refractivity contribution in [1.29, 1.82) is 0 Å². The van der Waals surface area contributed by atoms with Crippen molar-refractivity contribution >= 4 is 10.1 Å². The molecule has 0 aromatic carbocycles. The van der Waals surface area contributed by atoms with Gasteiger partial charge in [-0.15, -0.1) is 0 Å². The van der Waals surface area contributed by atoms with Gasteiger partial charge in [0.1, 0.15) is 0 Å². The van der Waals surface area contributed by atoms with Crippen LogP contribution in [0, 0.1) is 0 Å². The topological polar surface area (TPSA) is 55.4 Å². The van der Waals surface area contributed by atoms with Gasteiger partial charge in [0.25, 0.3) is 0 Å². The minimum absolute atomic E-state index is 0.712. The molecule has 0 aliphatic heterocycles. The molecule has 0 radical (unpaired) electrons. The molecule has 5 heteroatoms. The number of nitrogens with one attached hydrogen (secondary N) is 1. The normalized spacial score (nSPS) is 11.1. The molecule has 0 aromatic heterocycles. The Balaban J connectivity index is 3.95. The smallest absolute Gasteiger partial charge is 0.193 e. The fourth-order valence-electron chi connectivity index (χ4n) is 0.150. The van der Waals surface area contributed by atoms with Gasteiger partial charge in [0.05, 0.1) is 5.41 Å². The van der Waals surface area contributed by atoms with Gasteiger partial charge in [0, 0.05) is 7.05 Å². The lowest BCUT2D eigenvalue weighted by molar-refractivity contribution is 0.236. The van der Waals surface area contributed by atoms with Crippen LogP contribution in [0.5, 0.6) is 0 Å². The quantitative estimate of drug-likeness (QED) is 0.538. The second kappa shape index (κ2) is 2.81. The summed E-state index contributed by atoms with van der Waals surface area (Å²) < 4.78 is 24.4. The van der Waals surface area contributed by atoms with E-state index in [2.05, 4.69) is 10.9 Å². The highest BCUT2D eigenvalue weighted by Gasteiger charge is 1.99. The van der Waals surface area contributed by atoms with Crippen LogP contribution in [0.25, 0.3) is 0 Å². The van der Waals surface area contributed by atoms with E-state index in [0.717, 1.165) is 0 Å². The fraction of sp³-hybridized carbons (Fsp3) is 0.333. The predicted molar refractivity (Wildman–Crippen MR) is 29.3 cm³/mol. The van der Waals surface area contributed by atoms with Gasteiger partial charge in [-0.25, -0.2) is 0 Å². The van der Waals surface area contributed by atoms with Crippen LogP contribution >= 0.6 is 0 Å². The summed E-state index contributed by atoms with van der Waals surface area (Å²) in [6.07, 6.45) is 0. The number of rotatable bonds is 3. The van der Waals surface area contributed by atoms with E-state index in [-0.39, 0.29) is 0 Å². The van der Waals surface area contributed by atoms with Crippen LogP contribution in [0.4, 0.5) is 0 Å². The predicted octanol–water partition coefficient (Wildman–Crippen LogP) is -0.389. The molecular formula is C3H7NO3S. The van der Waals surface area contributed by atoms with Crippen molar-refractivity contribution < 1.29 is 12.7 Å². The lowest BCUT2D eigenvalue weighted by Gasteiger charge is -1.93. The van der Waals surface area contributed by atoms with E-state index in [1.165, 1.54) is 7.05 Å². The molecule has 0 unspecified atom stereocenters. The molecule has 0 atom stereocenters. The highest BCUT2D eigenvalue weighted by atomic mass is 32.2. The maximum absolute atomic E-state index is 10.2. The van der Waals surface area contributed by atoms with E-state index in [4.69, 9.17) is 0 Å². The lowest BCUT2D eigenvalue weighted by Crippen LogP contribution is -2.12. The van der Waals surface area contributed by atoms with Crippen LogP contribution in [-0.4, -0.2) is 15.5 Å². The van der Waals surface area contributed by atoms with E-state index in [1.807, 2.05) is 5.48 Å². The van der Waals surface area contributed by atoms with Crippen molar-refractivity contribution in [2.24, 2.45) is 0 Å². The van der Waals surface area contributed by atoms with Crippen LogP contribution in [0.15, 0.2) is 12.0 Å². The Kier molecular flexibility index (Phi) is 2.67. The molecule has 0 fully saturated rings. The minimum atomic E-state index is -3.52. The zero-order valence-electron chi connectivity index (χ0n) is 4.42. The first-order chi connectivity index (χ1) is 3.62. The molecule has 0 spiro atoms. The minimum Gasteiger partial charge on any atom is -0.193 e. The fourth-order valence-corrected chi connectivity index (χ4v) is 0.451. The van der Waals surface area contributed by atoms with Gasteiger partial charge in [-0.3, -0.25) is 0 Å². The van der Waals surface area contributed by atoms with Crippen molar-refractivity contribution in [3.63, 3.8) is 0 Å². The number of hydrogen-bond donors (Lipinski definition) is 1. The van der Waals surface area contributed by atoms with E-state index >= 15 is 0 Å². The monoisotopic (exact) mass is 137 g/mol. The molecule has 8 heavy (non-hydrogen) atoms. The highest BCUT2D eigenvalue weighted by Crippen LogP contribution is 1.86. The van der Waals surface area contributed by atoms with E-state index in [0.29, 0.717) is 5.41 Å². The summed E-state index contributed by atoms with van der Waals surface area (Å²) in [5.41, 5.74) is 2.00. The van der Waals surface area contributed by atoms with Crippen LogP contribution in [-0.2, 0) is 14.4 Å². The highest BCUT2D eigenvalue weighted by molar-refractivity contribution is 7.89. The molecule has 0 rings (SSSR count).